The third-order valence-corrected chi connectivity index (χ3v) is 3.28. The zero-order chi connectivity index (χ0) is 16.8. The number of rotatable bonds is 7. The van der Waals surface area contributed by atoms with Crippen LogP contribution in [0.1, 0.15) is 17.5 Å². The molecular weight excluding hydrogens is 300 g/mol. The number of hydrogen-bond acceptors (Lipinski definition) is 5. The van der Waals surface area contributed by atoms with Crippen LogP contribution in [0.2, 0.25) is 0 Å². The molecule has 2 aromatic rings. The SMILES string of the molecule is Cc1ccc(CCC(Oc2cccnc2[N+](=O)[O-])C(=O)O)cc1. The third kappa shape index (κ3) is 4.50. The Labute approximate surface area is 132 Å². The molecule has 120 valence electrons. The van der Waals surface area contributed by atoms with E-state index in [1.165, 1.54) is 18.3 Å². The number of aryl methyl sites for hydroxylation is 2. The maximum Gasteiger partial charge on any atom is 0.406 e. The van der Waals surface area contributed by atoms with Crippen LogP contribution in [0.4, 0.5) is 5.82 Å². The molecule has 1 aromatic carbocycles. The van der Waals surface area contributed by atoms with Gasteiger partial charge < -0.3 is 20.0 Å². The second kappa shape index (κ2) is 7.35. The summed E-state index contributed by atoms with van der Waals surface area (Å²) in [7, 11) is 0. The van der Waals surface area contributed by atoms with Crippen molar-refractivity contribution in [3.05, 3.63) is 63.8 Å². The lowest BCUT2D eigenvalue weighted by atomic mass is 10.1. The summed E-state index contributed by atoms with van der Waals surface area (Å²) in [5, 5.41) is 20.2. The Morgan fingerprint density at radius 1 is 1.35 bits per heavy atom. The maximum atomic E-state index is 11.3. The predicted molar refractivity (Wildman–Crippen MR) is 82.4 cm³/mol. The fourth-order valence-corrected chi connectivity index (χ4v) is 2.05. The molecule has 0 amide bonds. The highest BCUT2D eigenvalue weighted by molar-refractivity contribution is 5.73. The molecule has 1 unspecified atom stereocenters. The topological polar surface area (TPSA) is 103 Å². The Morgan fingerprint density at radius 2 is 2.04 bits per heavy atom. The van der Waals surface area contributed by atoms with Crippen LogP contribution < -0.4 is 4.74 Å². The smallest absolute Gasteiger partial charge is 0.406 e. The van der Waals surface area contributed by atoms with Gasteiger partial charge in [0, 0.05) is 0 Å². The number of carboxylic acid groups (broad SMARTS) is 1. The average molecular weight is 316 g/mol. The Bertz CT molecular complexity index is 700. The van der Waals surface area contributed by atoms with Crippen LogP contribution in [0, 0.1) is 17.0 Å². The zero-order valence-corrected chi connectivity index (χ0v) is 12.5. The molecular formula is C16H16N2O5. The van der Waals surface area contributed by atoms with Crippen molar-refractivity contribution >= 4 is 11.8 Å². The first-order valence-corrected chi connectivity index (χ1v) is 7.02. The highest BCUT2D eigenvalue weighted by atomic mass is 16.6. The minimum atomic E-state index is -1.18. The minimum absolute atomic E-state index is 0.145. The van der Waals surface area contributed by atoms with E-state index < -0.39 is 22.8 Å². The van der Waals surface area contributed by atoms with Crippen molar-refractivity contribution in [2.45, 2.75) is 25.9 Å². The molecule has 0 fully saturated rings. The van der Waals surface area contributed by atoms with Crippen LogP contribution in [0.25, 0.3) is 0 Å². The van der Waals surface area contributed by atoms with Crippen LogP contribution in [0.15, 0.2) is 42.6 Å². The van der Waals surface area contributed by atoms with Crippen LogP contribution >= 0.6 is 0 Å². The van der Waals surface area contributed by atoms with E-state index in [1.54, 1.807) is 0 Å². The van der Waals surface area contributed by atoms with Gasteiger partial charge in [0.05, 0.1) is 0 Å². The molecule has 0 saturated carbocycles. The van der Waals surface area contributed by atoms with E-state index >= 15 is 0 Å². The van der Waals surface area contributed by atoms with Gasteiger partial charge in [0.25, 0.3) is 0 Å². The summed E-state index contributed by atoms with van der Waals surface area (Å²) in [4.78, 5) is 25.1. The summed E-state index contributed by atoms with van der Waals surface area (Å²) in [6, 6.07) is 10.5. The van der Waals surface area contributed by atoms with Gasteiger partial charge in [-0.05, 0) is 47.4 Å². The molecule has 2 rings (SSSR count). The summed E-state index contributed by atoms with van der Waals surface area (Å²) < 4.78 is 5.31. The van der Waals surface area contributed by atoms with E-state index in [0.717, 1.165) is 11.1 Å². The van der Waals surface area contributed by atoms with E-state index in [2.05, 4.69) is 4.98 Å². The van der Waals surface area contributed by atoms with Crippen molar-refractivity contribution in [2.75, 3.05) is 0 Å². The van der Waals surface area contributed by atoms with Crippen LogP contribution in [-0.4, -0.2) is 27.1 Å². The van der Waals surface area contributed by atoms with Gasteiger partial charge in [-0.2, -0.15) is 0 Å². The first-order valence-electron chi connectivity index (χ1n) is 7.02. The summed E-state index contributed by atoms with van der Waals surface area (Å²) >= 11 is 0. The fraction of sp³-hybridized carbons (Fsp3) is 0.250. The summed E-state index contributed by atoms with van der Waals surface area (Å²) in [5.41, 5.74) is 2.09. The fourth-order valence-electron chi connectivity index (χ4n) is 2.05. The number of benzene rings is 1. The summed E-state index contributed by atoms with van der Waals surface area (Å²) in [5.74, 6) is -1.81. The number of nitrogens with zero attached hydrogens (tertiary/aromatic N) is 2. The predicted octanol–water partition coefficient (Wildman–Crippen LogP) is 2.76. The largest absolute Gasteiger partial charge is 0.479 e. The number of pyridine rings is 1. The van der Waals surface area contributed by atoms with E-state index in [4.69, 9.17) is 4.74 Å². The van der Waals surface area contributed by atoms with Gasteiger partial charge in [-0.3, -0.25) is 0 Å². The monoisotopic (exact) mass is 316 g/mol. The molecule has 7 nitrogen and oxygen atoms in total. The Balaban J connectivity index is 2.09. The molecule has 1 N–H and O–H groups in total. The van der Waals surface area contributed by atoms with Gasteiger partial charge >= 0.3 is 11.8 Å². The van der Waals surface area contributed by atoms with Gasteiger partial charge in [-0.1, -0.05) is 29.8 Å². The molecule has 0 spiro atoms. The van der Waals surface area contributed by atoms with Crippen molar-refractivity contribution < 1.29 is 19.6 Å². The Hall–Kier alpha value is -2.96. The number of hydrogen-bond donors (Lipinski definition) is 1. The molecule has 0 aliphatic heterocycles. The second-order valence-corrected chi connectivity index (χ2v) is 5.05. The van der Waals surface area contributed by atoms with Crippen molar-refractivity contribution in [3.8, 4) is 5.75 Å². The van der Waals surface area contributed by atoms with Crippen molar-refractivity contribution in [1.82, 2.24) is 4.98 Å². The Morgan fingerprint density at radius 3 is 2.65 bits per heavy atom. The lowest BCUT2D eigenvalue weighted by molar-refractivity contribution is -0.390. The molecule has 0 bridgehead atoms. The van der Waals surface area contributed by atoms with E-state index in [0.29, 0.717) is 6.42 Å². The third-order valence-electron chi connectivity index (χ3n) is 3.28. The molecule has 1 aromatic heterocycles. The van der Waals surface area contributed by atoms with Crippen LogP contribution in [0.3, 0.4) is 0 Å². The molecule has 0 radical (unpaired) electrons. The molecule has 1 heterocycles. The van der Waals surface area contributed by atoms with E-state index in [9.17, 15) is 20.0 Å². The highest BCUT2D eigenvalue weighted by Crippen LogP contribution is 2.25. The normalized spacial score (nSPS) is 11.7. The Kier molecular flexibility index (Phi) is 5.24. The maximum absolute atomic E-state index is 11.3. The lowest BCUT2D eigenvalue weighted by Gasteiger charge is -2.14. The number of carbonyl (C=O) groups is 1. The molecule has 1 atom stereocenters. The first-order chi connectivity index (χ1) is 11.0. The minimum Gasteiger partial charge on any atom is -0.479 e. The van der Waals surface area contributed by atoms with Gasteiger partial charge in [-0.15, -0.1) is 0 Å². The number of nitro groups is 1. The molecule has 0 saturated heterocycles. The van der Waals surface area contributed by atoms with Crippen molar-refractivity contribution in [1.29, 1.82) is 0 Å². The molecule has 7 heteroatoms. The molecule has 0 aliphatic rings. The average Bonchev–Trinajstić information content (AvgIpc) is 2.53. The molecule has 0 aliphatic carbocycles. The van der Waals surface area contributed by atoms with Crippen LogP contribution in [0.5, 0.6) is 5.75 Å². The van der Waals surface area contributed by atoms with E-state index in [1.807, 2.05) is 31.2 Å². The highest BCUT2D eigenvalue weighted by Gasteiger charge is 2.24. The standard InChI is InChI=1S/C16H16N2O5/c1-11-4-6-12(7-5-11)8-9-14(16(19)20)23-13-3-2-10-17-15(13)18(21)22/h2-7,10,14H,8-9H2,1H3,(H,19,20). The van der Waals surface area contributed by atoms with Gasteiger partial charge in [0.2, 0.25) is 5.75 Å². The lowest BCUT2D eigenvalue weighted by Crippen LogP contribution is -2.28. The second-order valence-electron chi connectivity index (χ2n) is 5.05. The van der Waals surface area contributed by atoms with Gasteiger partial charge in [0.15, 0.2) is 6.10 Å². The van der Waals surface area contributed by atoms with Crippen molar-refractivity contribution in [2.24, 2.45) is 0 Å². The number of aromatic nitrogens is 1. The zero-order valence-electron chi connectivity index (χ0n) is 12.5. The van der Waals surface area contributed by atoms with Crippen molar-refractivity contribution in [3.63, 3.8) is 0 Å². The number of carboxylic acids is 1. The number of aliphatic carboxylic acids is 1. The van der Waals surface area contributed by atoms with Gasteiger partial charge in [0.1, 0.15) is 6.20 Å². The van der Waals surface area contributed by atoms with E-state index in [-0.39, 0.29) is 12.2 Å². The number of ether oxygens (including phenoxy) is 1. The summed E-state index contributed by atoms with van der Waals surface area (Å²) in [6.45, 7) is 1.97. The van der Waals surface area contributed by atoms with Gasteiger partial charge in [-0.25, -0.2) is 4.79 Å². The molecule has 23 heavy (non-hydrogen) atoms. The quantitative estimate of drug-likeness (QED) is 0.622. The van der Waals surface area contributed by atoms with Crippen LogP contribution in [-0.2, 0) is 11.2 Å². The first kappa shape index (κ1) is 16.4. The summed E-state index contributed by atoms with van der Waals surface area (Å²) in [6.07, 6.45) is 0.766.